The quantitative estimate of drug-likeness (QED) is 0.899. The fraction of sp³-hybridized carbons (Fsp3) is 0.286. The third kappa shape index (κ3) is 2.77. The Kier molecular flexibility index (Phi) is 3.77. The molecule has 1 aromatic heterocycles. The third-order valence-corrected chi connectivity index (χ3v) is 2.58. The summed E-state index contributed by atoms with van der Waals surface area (Å²) >= 11 is 0. The molecule has 1 amide bonds. The zero-order valence-electron chi connectivity index (χ0n) is 10.6. The van der Waals surface area contributed by atoms with Crippen molar-refractivity contribution in [1.82, 2.24) is 10.5 Å². The Morgan fingerprint density at radius 1 is 1.39 bits per heavy atom. The molecule has 0 saturated heterocycles. The van der Waals surface area contributed by atoms with E-state index in [0.717, 1.165) is 17.5 Å². The van der Waals surface area contributed by atoms with Crippen molar-refractivity contribution in [3.05, 3.63) is 41.6 Å². The summed E-state index contributed by atoms with van der Waals surface area (Å²) in [7, 11) is 0. The van der Waals surface area contributed by atoms with E-state index in [0.29, 0.717) is 18.0 Å². The van der Waals surface area contributed by atoms with E-state index >= 15 is 0 Å². The molecule has 2 aromatic rings. The molecular formula is C14H16N2O2. The lowest BCUT2D eigenvalue weighted by Crippen LogP contribution is -2.24. The van der Waals surface area contributed by atoms with Crippen molar-refractivity contribution in [3.8, 4) is 11.3 Å². The average molecular weight is 244 g/mol. The first-order valence-corrected chi connectivity index (χ1v) is 6.02. The van der Waals surface area contributed by atoms with Gasteiger partial charge in [0.05, 0.1) is 0 Å². The Morgan fingerprint density at radius 2 is 2.22 bits per heavy atom. The lowest BCUT2D eigenvalue weighted by Gasteiger charge is -1.97. The minimum Gasteiger partial charge on any atom is -0.355 e. The number of hydrogen-bond acceptors (Lipinski definition) is 3. The van der Waals surface area contributed by atoms with Crippen LogP contribution in [-0.2, 0) is 0 Å². The maximum absolute atomic E-state index is 11.7. The Bertz CT molecular complexity index is 546. The van der Waals surface area contributed by atoms with Crippen LogP contribution in [-0.4, -0.2) is 17.6 Å². The molecule has 0 atom stereocenters. The lowest BCUT2D eigenvalue weighted by molar-refractivity contribution is 0.0944. The van der Waals surface area contributed by atoms with Crippen LogP contribution < -0.4 is 5.32 Å². The van der Waals surface area contributed by atoms with Gasteiger partial charge in [-0.05, 0) is 19.4 Å². The number of carbonyl (C=O) groups is 1. The van der Waals surface area contributed by atoms with Gasteiger partial charge < -0.3 is 9.84 Å². The molecule has 0 bridgehead atoms. The van der Waals surface area contributed by atoms with Gasteiger partial charge in [-0.15, -0.1) is 0 Å². The number of hydrogen-bond donors (Lipinski definition) is 1. The normalized spacial score (nSPS) is 10.3. The molecule has 0 aliphatic rings. The van der Waals surface area contributed by atoms with E-state index in [9.17, 15) is 4.79 Å². The van der Waals surface area contributed by atoms with Gasteiger partial charge in [0.25, 0.3) is 5.91 Å². The Hall–Kier alpha value is -2.10. The van der Waals surface area contributed by atoms with Gasteiger partial charge in [-0.1, -0.05) is 35.8 Å². The van der Waals surface area contributed by atoms with Crippen molar-refractivity contribution < 1.29 is 9.32 Å². The summed E-state index contributed by atoms with van der Waals surface area (Å²) in [6, 6.07) is 9.55. The van der Waals surface area contributed by atoms with Crippen LogP contribution in [0.2, 0.25) is 0 Å². The number of nitrogens with one attached hydrogen (secondary N) is 1. The number of nitrogens with zero attached hydrogens (tertiary/aromatic N) is 1. The second-order valence-corrected chi connectivity index (χ2v) is 4.20. The molecule has 18 heavy (non-hydrogen) atoms. The summed E-state index contributed by atoms with van der Waals surface area (Å²) in [5.41, 5.74) is 2.39. The number of rotatable bonds is 4. The van der Waals surface area contributed by atoms with Crippen LogP contribution in [0.1, 0.15) is 29.4 Å². The molecule has 0 radical (unpaired) electrons. The number of aromatic nitrogens is 1. The first-order valence-electron chi connectivity index (χ1n) is 6.02. The number of benzene rings is 1. The van der Waals surface area contributed by atoms with E-state index in [1.165, 1.54) is 0 Å². The molecular weight excluding hydrogens is 228 g/mol. The zero-order chi connectivity index (χ0) is 13.0. The molecule has 0 fully saturated rings. The third-order valence-electron chi connectivity index (χ3n) is 2.58. The van der Waals surface area contributed by atoms with Crippen LogP contribution in [0.3, 0.4) is 0 Å². The summed E-state index contributed by atoms with van der Waals surface area (Å²) in [5, 5.41) is 6.55. The van der Waals surface area contributed by atoms with Crippen molar-refractivity contribution in [2.24, 2.45) is 0 Å². The summed E-state index contributed by atoms with van der Waals surface area (Å²) in [6.45, 7) is 4.65. The molecule has 1 aromatic carbocycles. The summed E-state index contributed by atoms with van der Waals surface area (Å²) in [4.78, 5) is 11.7. The zero-order valence-corrected chi connectivity index (χ0v) is 10.6. The summed E-state index contributed by atoms with van der Waals surface area (Å²) < 4.78 is 5.20. The van der Waals surface area contributed by atoms with Crippen molar-refractivity contribution in [3.63, 3.8) is 0 Å². The molecule has 4 nitrogen and oxygen atoms in total. The van der Waals surface area contributed by atoms with Crippen LogP contribution in [0.5, 0.6) is 0 Å². The molecule has 0 saturated carbocycles. The maximum Gasteiger partial charge on any atom is 0.273 e. The number of carbonyl (C=O) groups excluding carboxylic acids is 1. The van der Waals surface area contributed by atoms with E-state index in [1.807, 2.05) is 38.1 Å². The molecule has 0 aliphatic carbocycles. The molecule has 2 rings (SSSR count). The minimum atomic E-state index is -0.195. The SMILES string of the molecule is CCCNC(=O)c1cc(-c2cccc(C)c2)on1. The first kappa shape index (κ1) is 12.4. The van der Waals surface area contributed by atoms with E-state index in [2.05, 4.69) is 10.5 Å². The molecule has 0 spiro atoms. The van der Waals surface area contributed by atoms with E-state index in [1.54, 1.807) is 6.07 Å². The fourth-order valence-corrected chi connectivity index (χ4v) is 1.65. The largest absolute Gasteiger partial charge is 0.355 e. The van der Waals surface area contributed by atoms with Gasteiger partial charge in [0.2, 0.25) is 0 Å². The van der Waals surface area contributed by atoms with E-state index in [4.69, 9.17) is 4.52 Å². The molecule has 0 unspecified atom stereocenters. The highest BCUT2D eigenvalue weighted by atomic mass is 16.5. The van der Waals surface area contributed by atoms with Crippen LogP contribution in [0, 0.1) is 6.92 Å². The number of aryl methyl sites for hydroxylation is 1. The maximum atomic E-state index is 11.7. The van der Waals surface area contributed by atoms with Gasteiger partial charge in [0.1, 0.15) is 0 Å². The summed E-state index contributed by atoms with van der Waals surface area (Å²) in [5.74, 6) is 0.417. The highest BCUT2D eigenvalue weighted by Gasteiger charge is 2.12. The highest BCUT2D eigenvalue weighted by Crippen LogP contribution is 2.21. The molecule has 94 valence electrons. The Balaban J connectivity index is 2.17. The van der Waals surface area contributed by atoms with Crippen LogP contribution in [0.25, 0.3) is 11.3 Å². The Morgan fingerprint density at radius 3 is 2.94 bits per heavy atom. The molecule has 4 heteroatoms. The standard InChI is InChI=1S/C14H16N2O2/c1-3-7-15-14(17)12-9-13(18-16-12)11-6-4-5-10(2)8-11/h4-6,8-9H,3,7H2,1-2H3,(H,15,17). The van der Waals surface area contributed by atoms with Crippen LogP contribution in [0.4, 0.5) is 0 Å². The topological polar surface area (TPSA) is 55.1 Å². The average Bonchev–Trinajstić information content (AvgIpc) is 2.85. The minimum absolute atomic E-state index is 0.195. The van der Waals surface area contributed by atoms with Gasteiger partial charge in [-0.25, -0.2) is 0 Å². The van der Waals surface area contributed by atoms with Crippen LogP contribution >= 0.6 is 0 Å². The predicted molar refractivity (Wildman–Crippen MR) is 69.3 cm³/mol. The van der Waals surface area contributed by atoms with E-state index in [-0.39, 0.29) is 5.91 Å². The van der Waals surface area contributed by atoms with Gasteiger partial charge in [-0.3, -0.25) is 4.79 Å². The molecule has 0 aliphatic heterocycles. The van der Waals surface area contributed by atoms with E-state index < -0.39 is 0 Å². The van der Waals surface area contributed by atoms with Gasteiger partial charge in [0, 0.05) is 18.2 Å². The fourth-order valence-electron chi connectivity index (χ4n) is 1.65. The first-order chi connectivity index (χ1) is 8.70. The van der Waals surface area contributed by atoms with Crippen molar-refractivity contribution in [1.29, 1.82) is 0 Å². The predicted octanol–water partition coefficient (Wildman–Crippen LogP) is 2.79. The van der Waals surface area contributed by atoms with Gasteiger partial charge in [0.15, 0.2) is 11.5 Å². The van der Waals surface area contributed by atoms with Crippen molar-refractivity contribution in [2.45, 2.75) is 20.3 Å². The lowest BCUT2D eigenvalue weighted by atomic mass is 10.1. The monoisotopic (exact) mass is 244 g/mol. The number of amides is 1. The van der Waals surface area contributed by atoms with Crippen LogP contribution in [0.15, 0.2) is 34.9 Å². The highest BCUT2D eigenvalue weighted by molar-refractivity contribution is 5.93. The second-order valence-electron chi connectivity index (χ2n) is 4.20. The Labute approximate surface area is 106 Å². The van der Waals surface area contributed by atoms with Gasteiger partial charge >= 0.3 is 0 Å². The van der Waals surface area contributed by atoms with Crippen molar-refractivity contribution in [2.75, 3.05) is 6.54 Å². The van der Waals surface area contributed by atoms with Crippen molar-refractivity contribution >= 4 is 5.91 Å². The summed E-state index contributed by atoms with van der Waals surface area (Å²) in [6.07, 6.45) is 0.897. The van der Waals surface area contributed by atoms with Gasteiger partial charge in [-0.2, -0.15) is 0 Å². The molecule has 1 N–H and O–H groups in total. The second kappa shape index (κ2) is 5.49. The smallest absolute Gasteiger partial charge is 0.273 e. The molecule has 1 heterocycles.